The molecule has 1 nitrogen and oxygen atoms in total. The van der Waals surface area contributed by atoms with Crippen molar-refractivity contribution in [2.75, 3.05) is 0 Å². The van der Waals surface area contributed by atoms with Gasteiger partial charge in [0.2, 0.25) is 0 Å². The van der Waals surface area contributed by atoms with E-state index in [1.54, 1.807) is 6.07 Å². The van der Waals surface area contributed by atoms with Gasteiger partial charge in [-0.2, -0.15) is 0 Å². The number of rotatable bonds is 2. The molecule has 0 radical (unpaired) electrons. The van der Waals surface area contributed by atoms with Crippen molar-refractivity contribution in [2.24, 2.45) is 0 Å². The van der Waals surface area contributed by atoms with E-state index in [1.807, 2.05) is 18.2 Å². The molecule has 14 heavy (non-hydrogen) atoms. The highest BCUT2D eigenvalue weighted by molar-refractivity contribution is 5.75. The van der Waals surface area contributed by atoms with Crippen LogP contribution in [0, 0.1) is 0 Å². The molecular formula is C12H13FO. The van der Waals surface area contributed by atoms with Gasteiger partial charge < -0.3 is 0 Å². The van der Waals surface area contributed by atoms with Crippen LogP contribution in [0.15, 0.2) is 24.3 Å². The summed E-state index contributed by atoms with van der Waals surface area (Å²) in [5, 5.41) is 0. The van der Waals surface area contributed by atoms with Crippen LogP contribution in [0.25, 0.3) is 0 Å². The fraction of sp³-hybridized carbons (Fsp3) is 0.417. The lowest BCUT2D eigenvalue weighted by atomic mass is 9.96. The highest BCUT2D eigenvalue weighted by atomic mass is 19.1. The largest absolute Gasteiger partial charge is 0.298 e. The number of benzene rings is 1. The predicted molar refractivity (Wildman–Crippen MR) is 53.3 cm³/mol. The molecule has 0 aromatic heterocycles. The van der Waals surface area contributed by atoms with Gasteiger partial charge in [0, 0.05) is 5.56 Å². The first-order valence-electron chi connectivity index (χ1n) is 4.99. The monoisotopic (exact) mass is 192 g/mol. The minimum atomic E-state index is -0.653. The number of carbonyl (C=O) groups is 1. The van der Waals surface area contributed by atoms with Crippen LogP contribution in [0.4, 0.5) is 4.39 Å². The second kappa shape index (κ2) is 3.91. The Morgan fingerprint density at radius 2 is 2.21 bits per heavy atom. The number of alkyl halides is 1. The van der Waals surface area contributed by atoms with Crippen molar-refractivity contribution in [1.29, 1.82) is 0 Å². The van der Waals surface area contributed by atoms with Gasteiger partial charge >= 0.3 is 0 Å². The molecule has 1 saturated carbocycles. The van der Waals surface area contributed by atoms with E-state index in [1.165, 1.54) is 0 Å². The molecule has 0 saturated heterocycles. The topological polar surface area (TPSA) is 17.1 Å². The highest BCUT2D eigenvalue weighted by Gasteiger charge is 2.25. The predicted octanol–water partition coefficient (Wildman–Crippen LogP) is 3.10. The van der Waals surface area contributed by atoms with Crippen LogP contribution in [-0.2, 0) is 0 Å². The van der Waals surface area contributed by atoms with Crippen molar-refractivity contribution >= 4 is 6.29 Å². The van der Waals surface area contributed by atoms with Crippen LogP contribution in [0.5, 0.6) is 0 Å². The first-order chi connectivity index (χ1) is 6.79. The Bertz CT molecular complexity index is 335. The lowest BCUT2D eigenvalue weighted by molar-refractivity contribution is 0.112. The maximum Gasteiger partial charge on any atom is 0.150 e. The van der Waals surface area contributed by atoms with Gasteiger partial charge in [-0.1, -0.05) is 18.2 Å². The summed E-state index contributed by atoms with van der Waals surface area (Å²) in [6.07, 6.45) is 2.37. The summed E-state index contributed by atoms with van der Waals surface area (Å²) in [7, 11) is 0. The molecule has 2 heteroatoms. The molecule has 0 heterocycles. The SMILES string of the molecule is O=Cc1cccc(C2CCC(F)C2)c1. The molecule has 2 atom stereocenters. The summed E-state index contributed by atoms with van der Waals surface area (Å²) in [4.78, 5) is 10.6. The fourth-order valence-corrected chi connectivity index (χ4v) is 2.12. The number of carbonyl (C=O) groups excluding carboxylic acids is 1. The first-order valence-corrected chi connectivity index (χ1v) is 4.99. The molecule has 1 aliphatic carbocycles. The molecule has 1 fully saturated rings. The second-order valence-electron chi connectivity index (χ2n) is 3.90. The van der Waals surface area contributed by atoms with Crippen molar-refractivity contribution in [2.45, 2.75) is 31.4 Å². The molecule has 1 aromatic rings. The van der Waals surface area contributed by atoms with Gasteiger partial charge in [0.15, 0.2) is 0 Å². The average Bonchev–Trinajstić information content (AvgIpc) is 2.65. The number of hydrogen-bond acceptors (Lipinski definition) is 1. The summed E-state index contributed by atoms with van der Waals surface area (Å²) in [5.74, 6) is 0.310. The summed E-state index contributed by atoms with van der Waals surface area (Å²) in [6.45, 7) is 0. The Morgan fingerprint density at radius 3 is 2.86 bits per heavy atom. The zero-order valence-corrected chi connectivity index (χ0v) is 7.95. The molecule has 0 amide bonds. The smallest absolute Gasteiger partial charge is 0.150 e. The van der Waals surface area contributed by atoms with Crippen LogP contribution in [-0.4, -0.2) is 12.5 Å². The Kier molecular flexibility index (Phi) is 2.62. The van der Waals surface area contributed by atoms with Gasteiger partial charge in [-0.25, -0.2) is 4.39 Å². The van der Waals surface area contributed by atoms with Gasteiger partial charge in [0.1, 0.15) is 12.5 Å². The molecule has 0 N–H and O–H groups in total. The van der Waals surface area contributed by atoms with Crippen molar-refractivity contribution in [3.8, 4) is 0 Å². The Balaban J connectivity index is 2.19. The van der Waals surface area contributed by atoms with Gasteiger partial charge in [-0.15, -0.1) is 0 Å². The average molecular weight is 192 g/mol. The third-order valence-corrected chi connectivity index (χ3v) is 2.89. The number of aldehydes is 1. The lowest BCUT2D eigenvalue weighted by Gasteiger charge is -2.09. The highest BCUT2D eigenvalue weighted by Crippen LogP contribution is 2.35. The molecule has 2 unspecified atom stereocenters. The second-order valence-corrected chi connectivity index (χ2v) is 3.90. The zero-order valence-electron chi connectivity index (χ0n) is 7.95. The minimum Gasteiger partial charge on any atom is -0.298 e. The van der Waals surface area contributed by atoms with E-state index >= 15 is 0 Å². The van der Waals surface area contributed by atoms with Crippen LogP contribution in [0.2, 0.25) is 0 Å². The molecule has 74 valence electrons. The Hall–Kier alpha value is -1.18. The molecule has 1 aliphatic rings. The van der Waals surface area contributed by atoms with E-state index in [4.69, 9.17) is 0 Å². The molecule has 0 aliphatic heterocycles. The quantitative estimate of drug-likeness (QED) is 0.658. The van der Waals surface area contributed by atoms with E-state index in [9.17, 15) is 9.18 Å². The number of hydrogen-bond donors (Lipinski definition) is 0. The first kappa shape index (κ1) is 9.38. The van der Waals surface area contributed by atoms with E-state index in [0.29, 0.717) is 24.3 Å². The van der Waals surface area contributed by atoms with Crippen LogP contribution in [0.3, 0.4) is 0 Å². The molecule has 0 bridgehead atoms. The van der Waals surface area contributed by atoms with Crippen molar-refractivity contribution < 1.29 is 9.18 Å². The minimum absolute atomic E-state index is 0.310. The Labute approximate surface area is 82.9 Å². The molecule has 1 aromatic carbocycles. The molecular weight excluding hydrogens is 179 g/mol. The van der Waals surface area contributed by atoms with Crippen molar-refractivity contribution in [1.82, 2.24) is 0 Å². The van der Waals surface area contributed by atoms with Crippen molar-refractivity contribution in [3.63, 3.8) is 0 Å². The summed E-state index contributed by atoms with van der Waals surface area (Å²) in [5.41, 5.74) is 1.79. The van der Waals surface area contributed by atoms with Crippen LogP contribution < -0.4 is 0 Å². The standard InChI is InChI=1S/C12H13FO/c13-12-5-4-11(7-12)10-3-1-2-9(6-10)8-14/h1-3,6,8,11-12H,4-5,7H2. The van der Waals surface area contributed by atoms with Gasteiger partial charge in [-0.05, 0) is 36.8 Å². The molecule has 0 spiro atoms. The van der Waals surface area contributed by atoms with Crippen molar-refractivity contribution in [3.05, 3.63) is 35.4 Å². The van der Waals surface area contributed by atoms with E-state index < -0.39 is 6.17 Å². The van der Waals surface area contributed by atoms with Gasteiger partial charge in [0.25, 0.3) is 0 Å². The summed E-state index contributed by atoms with van der Waals surface area (Å²) < 4.78 is 13.0. The van der Waals surface area contributed by atoms with E-state index in [2.05, 4.69) is 0 Å². The zero-order chi connectivity index (χ0) is 9.97. The van der Waals surface area contributed by atoms with E-state index in [-0.39, 0.29) is 0 Å². The summed E-state index contributed by atoms with van der Waals surface area (Å²) >= 11 is 0. The lowest BCUT2D eigenvalue weighted by Crippen LogP contribution is -1.96. The van der Waals surface area contributed by atoms with Gasteiger partial charge in [-0.3, -0.25) is 4.79 Å². The molecule has 2 rings (SSSR count). The van der Waals surface area contributed by atoms with Crippen LogP contribution >= 0.6 is 0 Å². The fourth-order valence-electron chi connectivity index (χ4n) is 2.12. The third-order valence-electron chi connectivity index (χ3n) is 2.89. The maximum absolute atomic E-state index is 13.0. The van der Waals surface area contributed by atoms with Crippen LogP contribution in [0.1, 0.15) is 41.1 Å². The maximum atomic E-state index is 13.0. The summed E-state index contributed by atoms with van der Waals surface area (Å²) in [6, 6.07) is 7.49. The Morgan fingerprint density at radius 1 is 1.36 bits per heavy atom. The third kappa shape index (κ3) is 1.84. The normalized spacial score (nSPS) is 26.4. The number of halogens is 1. The van der Waals surface area contributed by atoms with E-state index in [0.717, 1.165) is 18.3 Å². The van der Waals surface area contributed by atoms with Gasteiger partial charge in [0.05, 0.1) is 0 Å².